The van der Waals surface area contributed by atoms with E-state index in [-0.39, 0.29) is 0 Å². The number of rotatable bonds is 5. The number of hydrogen-bond acceptors (Lipinski definition) is 2. The molecule has 1 heterocycles. The molecule has 1 aromatic rings. The van der Waals surface area contributed by atoms with Crippen molar-refractivity contribution in [3.63, 3.8) is 0 Å². The van der Waals surface area contributed by atoms with Crippen molar-refractivity contribution in [1.82, 2.24) is 5.32 Å². The molecule has 2 aliphatic rings. The normalized spacial score (nSPS) is 23.3. The van der Waals surface area contributed by atoms with Crippen LogP contribution in [0, 0.1) is 5.92 Å². The van der Waals surface area contributed by atoms with E-state index in [0.29, 0.717) is 6.04 Å². The average molecular weight is 310 g/mol. The first kappa shape index (κ1) is 12.5. The molecule has 1 aliphatic heterocycles. The summed E-state index contributed by atoms with van der Waals surface area (Å²) in [5, 5.41) is 3.54. The van der Waals surface area contributed by atoms with Crippen LogP contribution >= 0.6 is 15.9 Å². The molecule has 3 heteroatoms. The molecule has 2 nitrogen and oxygen atoms in total. The molecule has 18 heavy (non-hydrogen) atoms. The maximum atomic E-state index is 5.82. The number of nitrogens with one attached hydrogen (secondary N) is 1. The molecule has 0 radical (unpaired) electrons. The molecular formula is C15H20BrNO. The van der Waals surface area contributed by atoms with E-state index in [9.17, 15) is 0 Å². The van der Waals surface area contributed by atoms with E-state index in [1.54, 1.807) is 0 Å². The predicted octanol–water partition coefficient (Wildman–Crippen LogP) is 3.53. The highest BCUT2D eigenvalue weighted by atomic mass is 79.9. The lowest BCUT2D eigenvalue weighted by Gasteiger charge is -2.12. The summed E-state index contributed by atoms with van der Waals surface area (Å²) in [6, 6.07) is 7.18. The highest BCUT2D eigenvalue weighted by Crippen LogP contribution is 2.32. The van der Waals surface area contributed by atoms with E-state index in [1.807, 2.05) is 0 Å². The summed E-state index contributed by atoms with van der Waals surface area (Å²) in [6.45, 7) is 2.05. The van der Waals surface area contributed by atoms with Gasteiger partial charge in [0.25, 0.3) is 0 Å². The second-order valence-electron chi connectivity index (χ2n) is 5.52. The minimum atomic E-state index is 0.662. The highest BCUT2D eigenvalue weighted by Gasteiger charge is 2.22. The first-order chi connectivity index (χ1) is 8.81. The van der Waals surface area contributed by atoms with Crippen molar-refractivity contribution in [3.05, 3.63) is 28.2 Å². The van der Waals surface area contributed by atoms with E-state index < -0.39 is 0 Å². The van der Waals surface area contributed by atoms with E-state index in [2.05, 4.69) is 39.4 Å². The fourth-order valence-corrected chi connectivity index (χ4v) is 3.04. The molecule has 1 saturated heterocycles. The van der Waals surface area contributed by atoms with Gasteiger partial charge in [0.15, 0.2) is 0 Å². The summed E-state index contributed by atoms with van der Waals surface area (Å²) in [7, 11) is 0. The van der Waals surface area contributed by atoms with Crippen molar-refractivity contribution >= 4 is 15.9 Å². The van der Waals surface area contributed by atoms with Crippen LogP contribution in [0.15, 0.2) is 22.7 Å². The van der Waals surface area contributed by atoms with Crippen LogP contribution in [0.25, 0.3) is 0 Å². The number of hydrogen-bond donors (Lipinski definition) is 1. The van der Waals surface area contributed by atoms with Crippen LogP contribution in [0.3, 0.4) is 0 Å². The Morgan fingerprint density at radius 3 is 2.83 bits per heavy atom. The van der Waals surface area contributed by atoms with Crippen molar-refractivity contribution in [2.45, 2.75) is 38.1 Å². The Balaban J connectivity index is 1.59. The molecule has 1 aromatic carbocycles. The fourth-order valence-electron chi connectivity index (χ4n) is 2.50. The summed E-state index contributed by atoms with van der Waals surface area (Å²) >= 11 is 3.62. The third-order valence-electron chi connectivity index (χ3n) is 3.81. The number of ether oxygens (including phenoxy) is 1. The zero-order valence-corrected chi connectivity index (χ0v) is 12.2. The lowest BCUT2D eigenvalue weighted by Crippen LogP contribution is -2.23. The first-order valence-electron chi connectivity index (χ1n) is 6.96. The van der Waals surface area contributed by atoms with Crippen molar-refractivity contribution < 1.29 is 4.74 Å². The van der Waals surface area contributed by atoms with Crippen LogP contribution in [0.1, 0.15) is 31.2 Å². The molecule has 0 bridgehead atoms. The Bertz CT molecular complexity index is 411. The third kappa shape index (κ3) is 3.27. The second-order valence-corrected chi connectivity index (χ2v) is 6.37. The third-order valence-corrected chi connectivity index (χ3v) is 4.43. The van der Waals surface area contributed by atoms with Crippen molar-refractivity contribution in [3.8, 4) is 5.75 Å². The zero-order valence-electron chi connectivity index (χ0n) is 10.6. The smallest absolute Gasteiger partial charge is 0.133 e. The molecule has 0 spiro atoms. The van der Waals surface area contributed by atoms with E-state index in [1.165, 1.54) is 37.8 Å². The largest absolute Gasteiger partial charge is 0.492 e. The van der Waals surface area contributed by atoms with Crippen LogP contribution in [-0.4, -0.2) is 19.2 Å². The van der Waals surface area contributed by atoms with Crippen LogP contribution in [0.5, 0.6) is 5.75 Å². The first-order valence-corrected chi connectivity index (χ1v) is 7.75. The zero-order chi connectivity index (χ0) is 12.4. The molecule has 1 saturated carbocycles. The molecule has 2 fully saturated rings. The minimum absolute atomic E-state index is 0.662. The van der Waals surface area contributed by atoms with Crippen LogP contribution in [0.4, 0.5) is 0 Å². The van der Waals surface area contributed by atoms with E-state index >= 15 is 0 Å². The summed E-state index contributed by atoms with van der Waals surface area (Å²) in [6.07, 6.45) is 6.42. The van der Waals surface area contributed by atoms with Crippen molar-refractivity contribution in [1.29, 1.82) is 0 Å². The Kier molecular flexibility index (Phi) is 3.90. The molecule has 1 N–H and O–H groups in total. The second kappa shape index (κ2) is 5.62. The standard InChI is InChI=1S/C15H20BrNO/c16-14-9-12(8-13-2-1-7-17-13)5-6-15(14)18-10-11-3-4-11/h5-6,9,11,13,17H,1-4,7-8,10H2. The average Bonchev–Trinajstić information content (AvgIpc) is 3.05. The number of halogens is 1. The van der Waals surface area contributed by atoms with Gasteiger partial charge in [-0.2, -0.15) is 0 Å². The Hall–Kier alpha value is -0.540. The highest BCUT2D eigenvalue weighted by molar-refractivity contribution is 9.10. The molecule has 0 amide bonds. The summed E-state index contributed by atoms with van der Waals surface area (Å²) < 4.78 is 6.92. The molecule has 3 rings (SSSR count). The molecule has 98 valence electrons. The van der Waals surface area contributed by atoms with Gasteiger partial charge in [0.1, 0.15) is 5.75 Å². The van der Waals surface area contributed by atoms with Gasteiger partial charge in [-0.3, -0.25) is 0 Å². The Labute approximate surface area is 117 Å². The van der Waals surface area contributed by atoms with Gasteiger partial charge in [-0.05, 0) is 78.2 Å². The molecule has 1 atom stereocenters. The van der Waals surface area contributed by atoms with Crippen LogP contribution in [-0.2, 0) is 6.42 Å². The lowest BCUT2D eigenvalue weighted by molar-refractivity contribution is 0.298. The summed E-state index contributed by atoms with van der Waals surface area (Å²) in [5.74, 6) is 1.80. The fraction of sp³-hybridized carbons (Fsp3) is 0.600. The molecule has 0 aromatic heterocycles. The van der Waals surface area contributed by atoms with Gasteiger partial charge in [-0.1, -0.05) is 6.07 Å². The summed E-state index contributed by atoms with van der Waals surface area (Å²) in [5.41, 5.74) is 1.39. The maximum absolute atomic E-state index is 5.82. The Morgan fingerprint density at radius 2 is 2.17 bits per heavy atom. The van der Waals surface area contributed by atoms with Crippen molar-refractivity contribution in [2.24, 2.45) is 5.92 Å². The SMILES string of the molecule is Brc1cc(CC2CCCN2)ccc1OCC1CC1. The molecule has 1 aliphatic carbocycles. The van der Waals surface area contributed by atoms with Gasteiger partial charge in [0.05, 0.1) is 11.1 Å². The van der Waals surface area contributed by atoms with Crippen molar-refractivity contribution in [2.75, 3.05) is 13.2 Å². The Morgan fingerprint density at radius 1 is 1.28 bits per heavy atom. The molecular weight excluding hydrogens is 290 g/mol. The monoisotopic (exact) mass is 309 g/mol. The van der Waals surface area contributed by atoms with Gasteiger partial charge in [0, 0.05) is 6.04 Å². The number of benzene rings is 1. The van der Waals surface area contributed by atoms with Crippen LogP contribution in [0.2, 0.25) is 0 Å². The van der Waals surface area contributed by atoms with Gasteiger partial charge in [-0.15, -0.1) is 0 Å². The summed E-state index contributed by atoms with van der Waals surface area (Å²) in [4.78, 5) is 0. The molecule has 1 unspecified atom stereocenters. The van der Waals surface area contributed by atoms with Gasteiger partial charge in [0.2, 0.25) is 0 Å². The van der Waals surface area contributed by atoms with Gasteiger partial charge in [-0.25, -0.2) is 0 Å². The quantitative estimate of drug-likeness (QED) is 0.898. The maximum Gasteiger partial charge on any atom is 0.133 e. The van der Waals surface area contributed by atoms with Gasteiger partial charge < -0.3 is 10.1 Å². The minimum Gasteiger partial charge on any atom is -0.492 e. The predicted molar refractivity (Wildman–Crippen MR) is 77.1 cm³/mol. The van der Waals surface area contributed by atoms with Crippen LogP contribution < -0.4 is 10.1 Å². The topological polar surface area (TPSA) is 21.3 Å². The van der Waals surface area contributed by atoms with E-state index in [4.69, 9.17) is 4.74 Å². The van der Waals surface area contributed by atoms with E-state index in [0.717, 1.165) is 29.2 Å². The van der Waals surface area contributed by atoms with Gasteiger partial charge >= 0.3 is 0 Å². The lowest BCUT2D eigenvalue weighted by atomic mass is 10.0.